The first kappa shape index (κ1) is 47.4. The van der Waals surface area contributed by atoms with E-state index in [1.165, 1.54) is 0 Å². The third kappa shape index (κ3) is 10.7. The van der Waals surface area contributed by atoms with Crippen LogP contribution in [0.2, 0.25) is 0 Å². The molecule has 0 atom stereocenters. The normalized spacial score (nSPS) is 12.5. The van der Waals surface area contributed by atoms with E-state index in [4.69, 9.17) is 18.1 Å². The summed E-state index contributed by atoms with van der Waals surface area (Å²) in [6, 6.07) is 25.2. The molecule has 58 heavy (non-hydrogen) atoms. The summed E-state index contributed by atoms with van der Waals surface area (Å²) in [5, 5.41) is 0. The molecule has 0 saturated carbocycles. The van der Waals surface area contributed by atoms with Crippen LogP contribution >= 0.6 is 16.3 Å². The lowest BCUT2D eigenvalue weighted by molar-refractivity contribution is 0.315. The summed E-state index contributed by atoms with van der Waals surface area (Å²) < 4.78 is 47.8. The van der Waals surface area contributed by atoms with E-state index in [1.54, 1.807) is 4.44 Å². The zero-order chi connectivity index (χ0) is 43.2. The molecule has 0 radical (unpaired) electrons. The molecule has 0 aliphatic rings. The molecule has 0 heterocycles. The van der Waals surface area contributed by atoms with Crippen LogP contribution in [0, 0.1) is 0 Å². The lowest BCUT2D eigenvalue weighted by Crippen LogP contribution is -2.27. The molecule has 0 spiro atoms. The second kappa shape index (κ2) is 20.3. The van der Waals surface area contributed by atoms with E-state index in [-0.39, 0.29) is 53.9 Å². The lowest BCUT2D eigenvalue weighted by atomic mass is 9.94. The van der Waals surface area contributed by atoms with Gasteiger partial charge in [0.15, 0.2) is 0 Å². The first-order chi connectivity index (χ1) is 27.2. The molecule has 0 unspecified atom stereocenters. The highest BCUT2D eigenvalue weighted by atomic mass is 31.2. The minimum atomic E-state index is -4.41. The Morgan fingerprint density at radius 1 is 0.414 bits per heavy atom. The van der Waals surface area contributed by atoms with Crippen LogP contribution in [0.5, 0.6) is 23.0 Å². The maximum atomic E-state index is 16.8. The zero-order valence-corrected chi connectivity index (χ0v) is 40.4. The third-order valence-electron chi connectivity index (χ3n) is 10.8. The first-order valence-corrected chi connectivity index (χ1v) is 24.3. The smallest absolute Gasteiger partial charge is 0.426 e. The Kier molecular flexibility index (Phi) is 16.6. The minimum Gasteiger partial charge on any atom is -0.426 e. The van der Waals surface area contributed by atoms with Crippen LogP contribution in [-0.2, 0) is 4.57 Å². The molecule has 0 aromatic heterocycles. The predicted molar refractivity (Wildman–Crippen MR) is 248 cm³/mol. The molecule has 8 heteroatoms. The van der Waals surface area contributed by atoms with Gasteiger partial charge < -0.3 is 18.1 Å². The molecular weight excluding hydrogens is 756 g/mol. The molecule has 0 N–H and O–H groups in total. The molecule has 0 aliphatic carbocycles. The second-order valence-corrected chi connectivity index (χ2v) is 21.5. The van der Waals surface area contributed by atoms with Crippen molar-refractivity contribution < 1.29 is 22.7 Å². The van der Waals surface area contributed by atoms with Gasteiger partial charge in [0.05, 0.1) is 0 Å². The quantitative estimate of drug-likeness (QED) is 0.0878. The standard InChI is InChI=1S/C50H73NO5P2/c1-18-51(57(53-47-39(31(2)3)23-19-24-40(47)32(4)5)54-48-41(33(6)7)25-20-26-42(48)34(8)9)58(52,55-49-43(35(10)11)27-21-28-44(49)36(12)13)56-50-45(37(14)15)29-22-30-46(50)38(16)17/h19-38H,18H2,1-17H3. The van der Waals surface area contributed by atoms with Crippen LogP contribution in [0.3, 0.4) is 0 Å². The van der Waals surface area contributed by atoms with E-state index in [2.05, 4.69) is 184 Å². The fraction of sp³-hybridized carbons (Fsp3) is 0.520. The van der Waals surface area contributed by atoms with Gasteiger partial charge in [-0.1, -0.05) is 195 Å². The summed E-state index contributed by atoms with van der Waals surface area (Å²) in [5.74, 6) is 3.72. The first-order valence-electron chi connectivity index (χ1n) is 21.7. The van der Waals surface area contributed by atoms with Gasteiger partial charge in [-0.05, 0) is 91.9 Å². The number of rotatable bonds is 19. The van der Waals surface area contributed by atoms with E-state index in [0.717, 1.165) is 56.0 Å². The Balaban J connectivity index is 2.16. The lowest BCUT2D eigenvalue weighted by Gasteiger charge is -2.36. The summed E-state index contributed by atoms with van der Waals surface area (Å²) in [6.45, 7) is 36.9. The summed E-state index contributed by atoms with van der Waals surface area (Å²) in [7, 11) is -6.61. The van der Waals surface area contributed by atoms with Gasteiger partial charge in [-0.25, -0.2) is 4.57 Å². The fourth-order valence-corrected chi connectivity index (χ4v) is 11.1. The van der Waals surface area contributed by atoms with Crippen molar-refractivity contribution in [1.29, 1.82) is 0 Å². The molecule has 0 saturated heterocycles. The fourth-order valence-electron chi connectivity index (χ4n) is 7.34. The highest BCUT2D eigenvalue weighted by Crippen LogP contribution is 2.66. The van der Waals surface area contributed by atoms with Crippen molar-refractivity contribution in [3.05, 3.63) is 117 Å². The summed E-state index contributed by atoms with van der Waals surface area (Å²) in [5.41, 5.74) is 8.14. The van der Waals surface area contributed by atoms with E-state index in [9.17, 15) is 0 Å². The molecule has 0 aliphatic heterocycles. The van der Waals surface area contributed by atoms with Crippen LogP contribution in [0.1, 0.15) is 210 Å². The van der Waals surface area contributed by atoms with Crippen molar-refractivity contribution in [2.24, 2.45) is 0 Å². The Morgan fingerprint density at radius 2 is 0.621 bits per heavy atom. The number of nitrogens with zero attached hydrogens (tertiary/aromatic N) is 1. The van der Waals surface area contributed by atoms with Gasteiger partial charge >= 0.3 is 16.3 Å². The molecule has 4 aromatic carbocycles. The van der Waals surface area contributed by atoms with Crippen molar-refractivity contribution in [1.82, 2.24) is 4.44 Å². The molecular formula is C50H73NO5P2. The van der Waals surface area contributed by atoms with Crippen molar-refractivity contribution in [2.75, 3.05) is 6.54 Å². The topological polar surface area (TPSA) is 57.2 Å². The summed E-state index contributed by atoms with van der Waals surface area (Å²) >= 11 is 0. The van der Waals surface area contributed by atoms with E-state index in [1.807, 2.05) is 6.92 Å². The second-order valence-electron chi connectivity index (χ2n) is 18.1. The van der Waals surface area contributed by atoms with Crippen molar-refractivity contribution in [2.45, 2.75) is 165 Å². The van der Waals surface area contributed by atoms with E-state index < -0.39 is 16.3 Å². The summed E-state index contributed by atoms with van der Waals surface area (Å²) in [6.07, 6.45) is 0. The largest absolute Gasteiger partial charge is 0.524 e. The van der Waals surface area contributed by atoms with Gasteiger partial charge in [0.25, 0.3) is 0 Å². The Hall–Kier alpha value is -3.30. The number of para-hydroxylation sites is 4. The Morgan fingerprint density at radius 3 is 0.810 bits per heavy atom. The minimum absolute atomic E-state index is 0.0958. The average Bonchev–Trinajstić information content (AvgIpc) is 3.14. The SMILES string of the molecule is CCN(P(Oc1c(C(C)C)cccc1C(C)C)Oc1c(C(C)C)cccc1C(C)C)P(=O)(Oc1c(C(C)C)cccc1C(C)C)Oc1c(C(C)C)cccc1C(C)C. The molecule has 6 nitrogen and oxygen atoms in total. The van der Waals surface area contributed by atoms with Crippen molar-refractivity contribution >= 4 is 16.3 Å². The Labute approximate surface area is 354 Å². The monoisotopic (exact) mass is 829 g/mol. The molecule has 4 aromatic rings. The van der Waals surface area contributed by atoms with Crippen molar-refractivity contribution in [3.63, 3.8) is 0 Å². The van der Waals surface area contributed by atoms with Crippen LogP contribution < -0.4 is 18.1 Å². The number of benzene rings is 4. The van der Waals surface area contributed by atoms with Crippen LogP contribution in [-0.4, -0.2) is 11.0 Å². The highest BCUT2D eigenvalue weighted by Gasteiger charge is 2.48. The molecule has 318 valence electrons. The van der Waals surface area contributed by atoms with Crippen molar-refractivity contribution in [3.8, 4) is 23.0 Å². The maximum absolute atomic E-state index is 16.8. The van der Waals surface area contributed by atoms with Crippen LogP contribution in [0.4, 0.5) is 0 Å². The molecule has 0 bridgehead atoms. The van der Waals surface area contributed by atoms with Gasteiger partial charge in [-0.2, -0.15) is 0 Å². The van der Waals surface area contributed by atoms with Gasteiger partial charge in [-0.15, -0.1) is 0 Å². The highest BCUT2D eigenvalue weighted by molar-refractivity contribution is 7.64. The maximum Gasteiger partial charge on any atom is 0.524 e. The van der Waals surface area contributed by atoms with Gasteiger partial charge in [0.1, 0.15) is 23.0 Å². The zero-order valence-electron chi connectivity index (χ0n) is 38.6. The molecule has 4 rings (SSSR count). The van der Waals surface area contributed by atoms with Crippen LogP contribution in [0.25, 0.3) is 0 Å². The molecule has 0 fully saturated rings. The average molecular weight is 830 g/mol. The summed E-state index contributed by atoms with van der Waals surface area (Å²) in [4.78, 5) is 0. The van der Waals surface area contributed by atoms with E-state index in [0.29, 0.717) is 11.5 Å². The van der Waals surface area contributed by atoms with E-state index >= 15 is 4.57 Å². The van der Waals surface area contributed by atoms with Gasteiger partial charge in [-0.3, -0.25) is 0 Å². The third-order valence-corrected chi connectivity index (χ3v) is 14.9. The molecule has 0 amide bonds. The number of hydrogen-bond acceptors (Lipinski definition) is 5. The predicted octanol–water partition coefficient (Wildman–Crippen LogP) is 16.9. The van der Waals surface area contributed by atoms with Crippen LogP contribution in [0.15, 0.2) is 72.8 Å². The van der Waals surface area contributed by atoms with Gasteiger partial charge in [0.2, 0.25) is 0 Å². The Bertz CT molecular complexity index is 1780. The number of hydrogen-bond donors (Lipinski definition) is 0. The van der Waals surface area contributed by atoms with Gasteiger partial charge in [0, 0.05) is 6.54 Å².